The molecule has 0 bridgehead atoms. The van der Waals surface area contributed by atoms with E-state index in [4.69, 9.17) is 10.5 Å². The summed E-state index contributed by atoms with van der Waals surface area (Å²) >= 11 is 3.43. The average molecular weight is 316 g/mol. The highest BCUT2D eigenvalue weighted by molar-refractivity contribution is 9.10. The van der Waals surface area contributed by atoms with Crippen LogP contribution in [0.25, 0.3) is 0 Å². The second-order valence-corrected chi connectivity index (χ2v) is 5.87. The minimum absolute atomic E-state index is 0.197. The van der Waals surface area contributed by atoms with E-state index in [1.54, 1.807) is 7.11 Å². The molecule has 0 unspecified atom stereocenters. The van der Waals surface area contributed by atoms with Crippen molar-refractivity contribution in [2.45, 2.75) is 37.5 Å². The van der Waals surface area contributed by atoms with Crippen LogP contribution in [0.3, 0.4) is 0 Å². The fraction of sp³-hybridized carbons (Fsp3) is 0.571. The maximum atomic E-state index is 14.3. The van der Waals surface area contributed by atoms with Crippen LogP contribution in [0.4, 0.5) is 4.39 Å². The number of benzene rings is 1. The second kappa shape index (κ2) is 5.57. The molecule has 2 rings (SSSR count). The predicted octanol–water partition coefficient (Wildman–Crippen LogP) is 3.76. The standard InChI is InChI=1S/C14H19BrFNO/c1-18-13-8-12(16)10(7-11(13)15)14(9-17)5-3-2-4-6-14/h7-8H,2-6,9,17H2,1H3. The van der Waals surface area contributed by atoms with Crippen molar-refractivity contribution >= 4 is 15.9 Å². The normalized spacial score (nSPS) is 18.7. The van der Waals surface area contributed by atoms with E-state index in [2.05, 4.69) is 15.9 Å². The van der Waals surface area contributed by atoms with Crippen molar-refractivity contribution in [2.75, 3.05) is 13.7 Å². The minimum Gasteiger partial charge on any atom is -0.495 e. The summed E-state index contributed by atoms with van der Waals surface area (Å²) < 4.78 is 20.2. The van der Waals surface area contributed by atoms with Gasteiger partial charge in [0.1, 0.15) is 11.6 Å². The molecule has 2 nitrogen and oxygen atoms in total. The Labute approximate surface area is 116 Å². The van der Waals surface area contributed by atoms with Gasteiger partial charge in [-0.25, -0.2) is 4.39 Å². The highest BCUT2D eigenvalue weighted by atomic mass is 79.9. The van der Waals surface area contributed by atoms with Crippen LogP contribution in [0.2, 0.25) is 0 Å². The van der Waals surface area contributed by atoms with Gasteiger partial charge < -0.3 is 10.5 Å². The lowest BCUT2D eigenvalue weighted by molar-refractivity contribution is 0.290. The van der Waals surface area contributed by atoms with Crippen LogP contribution in [-0.4, -0.2) is 13.7 Å². The molecule has 100 valence electrons. The van der Waals surface area contributed by atoms with Gasteiger partial charge in [0, 0.05) is 18.0 Å². The zero-order chi connectivity index (χ0) is 13.2. The summed E-state index contributed by atoms with van der Waals surface area (Å²) in [5, 5.41) is 0. The summed E-state index contributed by atoms with van der Waals surface area (Å²) in [6.45, 7) is 0.503. The minimum atomic E-state index is -0.206. The Morgan fingerprint density at radius 2 is 2.00 bits per heavy atom. The highest BCUT2D eigenvalue weighted by Crippen LogP contribution is 2.42. The van der Waals surface area contributed by atoms with Crippen molar-refractivity contribution in [3.63, 3.8) is 0 Å². The molecule has 1 saturated carbocycles. The Hall–Kier alpha value is -0.610. The van der Waals surface area contributed by atoms with Crippen molar-refractivity contribution in [3.05, 3.63) is 28.0 Å². The molecule has 1 aliphatic carbocycles. The van der Waals surface area contributed by atoms with E-state index in [0.29, 0.717) is 12.3 Å². The van der Waals surface area contributed by atoms with E-state index in [9.17, 15) is 4.39 Å². The Kier molecular flexibility index (Phi) is 4.28. The van der Waals surface area contributed by atoms with E-state index in [-0.39, 0.29) is 11.2 Å². The van der Waals surface area contributed by atoms with Gasteiger partial charge >= 0.3 is 0 Å². The first kappa shape index (κ1) is 13.8. The van der Waals surface area contributed by atoms with Crippen molar-refractivity contribution < 1.29 is 9.13 Å². The molecule has 4 heteroatoms. The van der Waals surface area contributed by atoms with Crippen molar-refractivity contribution in [1.82, 2.24) is 0 Å². The molecule has 0 aliphatic heterocycles. The molecule has 0 atom stereocenters. The van der Waals surface area contributed by atoms with E-state index < -0.39 is 0 Å². The molecule has 0 aromatic heterocycles. The van der Waals surface area contributed by atoms with Gasteiger partial charge in [-0.1, -0.05) is 19.3 Å². The molecule has 1 aromatic rings. The van der Waals surface area contributed by atoms with Crippen LogP contribution in [0, 0.1) is 5.82 Å². The van der Waals surface area contributed by atoms with Gasteiger partial charge in [-0.2, -0.15) is 0 Å². The zero-order valence-corrected chi connectivity index (χ0v) is 12.2. The fourth-order valence-electron chi connectivity index (χ4n) is 2.90. The van der Waals surface area contributed by atoms with Crippen LogP contribution in [-0.2, 0) is 5.41 Å². The number of rotatable bonds is 3. The van der Waals surface area contributed by atoms with Crippen LogP contribution < -0.4 is 10.5 Å². The Bertz CT molecular complexity index is 430. The Balaban J connectivity index is 2.45. The van der Waals surface area contributed by atoms with Gasteiger partial charge in [-0.3, -0.25) is 0 Å². The van der Waals surface area contributed by atoms with Gasteiger partial charge in [0.05, 0.1) is 11.6 Å². The third-order valence-corrected chi connectivity index (χ3v) is 4.63. The predicted molar refractivity (Wildman–Crippen MR) is 74.5 cm³/mol. The number of hydrogen-bond donors (Lipinski definition) is 1. The summed E-state index contributed by atoms with van der Waals surface area (Å²) in [7, 11) is 1.54. The first-order valence-corrected chi connectivity index (χ1v) is 7.16. The maximum Gasteiger partial charge on any atom is 0.135 e. The fourth-order valence-corrected chi connectivity index (χ4v) is 3.41. The van der Waals surface area contributed by atoms with E-state index in [1.165, 1.54) is 12.5 Å². The first-order chi connectivity index (χ1) is 8.63. The molecule has 18 heavy (non-hydrogen) atoms. The van der Waals surface area contributed by atoms with Gasteiger partial charge in [0.2, 0.25) is 0 Å². The second-order valence-electron chi connectivity index (χ2n) is 5.01. The molecule has 0 amide bonds. The topological polar surface area (TPSA) is 35.2 Å². The average Bonchev–Trinajstić information content (AvgIpc) is 2.41. The zero-order valence-electron chi connectivity index (χ0n) is 10.6. The number of nitrogens with two attached hydrogens (primary N) is 1. The molecule has 1 aliphatic rings. The lowest BCUT2D eigenvalue weighted by Crippen LogP contribution is -2.38. The molecule has 1 fully saturated rings. The van der Waals surface area contributed by atoms with Gasteiger partial charge in [0.15, 0.2) is 0 Å². The quantitative estimate of drug-likeness (QED) is 0.921. The molecule has 0 saturated heterocycles. The molecular weight excluding hydrogens is 297 g/mol. The van der Waals surface area contributed by atoms with Crippen LogP contribution in [0.5, 0.6) is 5.75 Å². The lowest BCUT2D eigenvalue weighted by atomic mass is 9.69. The number of halogens is 2. The number of ether oxygens (including phenoxy) is 1. The van der Waals surface area contributed by atoms with Gasteiger partial charge in [-0.05, 0) is 40.4 Å². The third-order valence-electron chi connectivity index (χ3n) is 4.01. The summed E-state index contributed by atoms with van der Waals surface area (Å²) in [6, 6.07) is 3.29. The summed E-state index contributed by atoms with van der Waals surface area (Å²) in [5.41, 5.74) is 6.48. The first-order valence-electron chi connectivity index (χ1n) is 6.36. The smallest absolute Gasteiger partial charge is 0.135 e. The third kappa shape index (κ3) is 2.41. The summed E-state index contributed by atoms with van der Waals surface area (Å²) in [6.07, 6.45) is 5.42. The monoisotopic (exact) mass is 315 g/mol. The molecule has 1 aromatic carbocycles. The van der Waals surface area contributed by atoms with Crippen molar-refractivity contribution in [1.29, 1.82) is 0 Å². The largest absolute Gasteiger partial charge is 0.495 e. The maximum absolute atomic E-state index is 14.3. The molecule has 0 heterocycles. The summed E-state index contributed by atoms with van der Waals surface area (Å²) in [5.74, 6) is 0.321. The van der Waals surface area contributed by atoms with Crippen molar-refractivity contribution in [2.24, 2.45) is 5.73 Å². The van der Waals surface area contributed by atoms with Crippen LogP contribution in [0.15, 0.2) is 16.6 Å². The van der Waals surface area contributed by atoms with Crippen LogP contribution in [0.1, 0.15) is 37.7 Å². The Morgan fingerprint density at radius 1 is 1.33 bits per heavy atom. The highest BCUT2D eigenvalue weighted by Gasteiger charge is 2.35. The Morgan fingerprint density at radius 3 is 2.56 bits per heavy atom. The lowest BCUT2D eigenvalue weighted by Gasteiger charge is -2.37. The van der Waals surface area contributed by atoms with E-state index >= 15 is 0 Å². The number of hydrogen-bond acceptors (Lipinski definition) is 2. The van der Waals surface area contributed by atoms with E-state index in [1.807, 2.05) is 6.07 Å². The van der Waals surface area contributed by atoms with E-state index in [0.717, 1.165) is 35.7 Å². The summed E-state index contributed by atoms with van der Waals surface area (Å²) in [4.78, 5) is 0. The SMILES string of the molecule is COc1cc(F)c(C2(CN)CCCCC2)cc1Br. The molecule has 2 N–H and O–H groups in total. The molecule has 0 spiro atoms. The molecular formula is C14H19BrFNO. The number of methoxy groups -OCH3 is 1. The van der Waals surface area contributed by atoms with Crippen LogP contribution >= 0.6 is 15.9 Å². The van der Waals surface area contributed by atoms with Gasteiger partial charge in [0.25, 0.3) is 0 Å². The van der Waals surface area contributed by atoms with Crippen molar-refractivity contribution in [3.8, 4) is 5.75 Å². The van der Waals surface area contributed by atoms with Gasteiger partial charge in [-0.15, -0.1) is 0 Å². The molecule has 0 radical (unpaired) electrons.